The maximum absolute atomic E-state index is 12.4. The average molecular weight is 377 g/mol. The van der Waals surface area contributed by atoms with E-state index in [4.69, 9.17) is 23.2 Å². The highest BCUT2D eigenvalue weighted by Crippen LogP contribution is 2.31. The molecule has 24 heavy (non-hydrogen) atoms. The van der Waals surface area contributed by atoms with E-state index >= 15 is 0 Å². The van der Waals surface area contributed by atoms with E-state index in [0.717, 1.165) is 16.1 Å². The summed E-state index contributed by atoms with van der Waals surface area (Å²) in [7, 11) is 0. The van der Waals surface area contributed by atoms with Gasteiger partial charge in [-0.3, -0.25) is 10.1 Å². The number of aryl methyl sites for hydroxylation is 2. The average Bonchev–Trinajstić information content (AvgIpc) is 2.88. The van der Waals surface area contributed by atoms with E-state index in [1.54, 1.807) is 18.2 Å². The van der Waals surface area contributed by atoms with Crippen LogP contribution in [0.5, 0.6) is 0 Å². The standard InChI is InChI=1S/C18H14Cl2N2OS/c1-10-3-5-12(6-4-10)16-11(2)24-18(21-16)22-17(23)14-8-7-13(19)9-15(14)20/h3-9H,1-2H3,(H,21,22,23). The summed E-state index contributed by atoms with van der Waals surface area (Å²) in [5, 5.41) is 4.14. The molecule has 1 amide bonds. The minimum atomic E-state index is -0.305. The lowest BCUT2D eigenvalue weighted by atomic mass is 10.1. The Balaban J connectivity index is 1.85. The fourth-order valence-corrected chi connectivity index (χ4v) is 3.59. The lowest BCUT2D eigenvalue weighted by molar-refractivity contribution is 0.102. The first kappa shape index (κ1) is 17.0. The predicted molar refractivity (Wildman–Crippen MR) is 101 cm³/mol. The van der Waals surface area contributed by atoms with Crippen LogP contribution < -0.4 is 5.32 Å². The molecule has 0 radical (unpaired) electrons. The van der Waals surface area contributed by atoms with Gasteiger partial charge in [0, 0.05) is 15.5 Å². The highest BCUT2D eigenvalue weighted by molar-refractivity contribution is 7.16. The molecule has 1 N–H and O–H groups in total. The van der Waals surface area contributed by atoms with Gasteiger partial charge in [-0.1, -0.05) is 53.0 Å². The van der Waals surface area contributed by atoms with Gasteiger partial charge in [0.15, 0.2) is 5.13 Å². The minimum Gasteiger partial charge on any atom is -0.298 e. The summed E-state index contributed by atoms with van der Waals surface area (Å²) in [5.41, 5.74) is 3.46. The Labute approximate surface area is 154 Å². The molecule has 0 saturated heterocycles. The number of benzene rings is 2. The van der Waals surface area contributed by atoms with E-state index < -0.39 is 0 Å². The third-order valence-corrected chi connectivity index (χ3v) is 4.95. The Bertz CT molecular complexity index is 904. The van der Waals surface area contributed by atoms with Crippen LogP contribution >= 0.6 is 34.5 Å². The quantitative estimate of drug-likeness (QED) is 0.610. The van der Waals surface area contributed by atoms with Gasteiger partial charge in [0.25, 0.3) is 5.91 Å². The lowest BCUT2D eigenvalue weighted by Crippen LogP contribution is -2.12. The second-order valence-corrected chi connectivity index (χ2v) is 7.41. The summed E-state index contributed by atoms with van der Waals surface area (Å²) in [5.74, 6) is -0.305. The van der Waals surface area contributed by atoms with Gasteiger partial charge < -0.3 is 0 Å². The highest BCUT2D eigenvalue weighted by atomic mass is 35.5. The summed E-state index contributed by atoms with van der Waals surface area (Å²) in [6, 6.07) is 12.9. The maximum atomic E-state index is 12.4. The highest BCUT2D eigenvalue weighted by Gasteiger charge is 2.15. The van der Waals surface area contributed by atoms with Crippen molar-refractivity contribution in [3.05, 3.63) is 68.5 Å². The van der Waals surface area contributed by atoms with Crippen molar-refractivity contribution in [2.45, 2.75) is 13.8 Å². The van der Waals surface area contributed by atoms with Crippen LogP contribution in [0.4, 0.5) is 5.13 Å². The third-order valence-electron chi connectivity index (χ3n) is 3.52. The molecule has 2 aromatic carbocycles. The van der Waals surface area contributed by atoms with Crippen molar-refractivity contribution in [1.29, 1.82) is 0 Å². The van der Waals surface area contributed by atoms with Crippen LogP contribution in [0.1, 0.15) is 20.8 Å². The molecule has 1 heterocycles. The zero-order valence-corrected chi connectivity index (χ0v) is 15.4. The van der Waals surface area contributed by atoms with Crippen molar-refractivity contribution in [1.82, 2.24) is 4.98 Å². The van der Waals surface area contributed by atoms with Crippen LogP contribution in [0, 0.1) is 13.8 Å². The van der Waals surface area contributed by atoms with Crippen molar-refractivity contribution in [2.24, 2.45) is 0 Å². The first-order chi connectivity index (χ1) is 11.4. The molecule has 122 valence electrons. The number of carbonyl (C=O) groups excluding carboxylic acids is 1. The van der Waals surface area contributed by atoms with Crippen LogP contribution in [0.25, 0.3) is 11.3 Å². The van der Waals surface area contributed by atoms with Gasteiger partial charge in [0.2, 0.25) is 0 Å². The monoisotopic (exact) mass is 376 g/mol. The van der Waals surface area contributed by atoms with Gasteiger partial charge in [0.1, 0.15) is 0 Å². The molecular formula is C18H14Cl2N2OS. The molecule has 0 aliphatic rings. The van der Waals surface area contributed by atoms with Gasteiger partial charge in [-0.25, -0.2) is 4.98 Å². The molecule has 3 rings (SSSR count). The maximum Gasteiger partial charge on any atom is 0.258 e. The molecule has 0 saturated carbocycles. The zero-order chi connectivity index (χ0) is 17.3. The van der Waals surface area contributed by atoms with Gasteiger partial charge in [-0.05, 0) is 32.0 Å². The molecule has 0 bridgehead atoms. The van der Waals surface area contributed by atoms with E-state index in [9.17, 15) is 4.79 Å². The Kier molecular flexibility index (Phi) is 4.90. The van der Waals surface area contributed by atoms with E-state index in [2.05, 4.69) is 10.3 Å². The smallest absolute Gasteiger partial charge is 0.258 e. The molecule has 3 aromatic rings. The molecule has 0 aliphatic carbocycles. The van der Waals surface area contributed by atoms with Gasteiger partial charge in [-0.15, -0.1) is 11.3 Å². The number of amides is 1. The molecule has 0 unspecified atom stereocenters. The second-order valence-electron chi connectivity index (χ2n) is 5.37. The number of aromatic nitrogens is 1. The number of halogens is 2. The largest absolute Gasteiger partial charge is 0.298 e. The minimum absolute atomic E-state index is 0.305. The van der Waals surface area contributed by atoms with E-state index in [1.165, 1.54) is 16.9 Å². The number of hydrogen-bond donors (Lipinski definition) is 1. The van der Waals surface area contributed by atoms with Crippen molar-refractivity contribution in [3.63, 3.8) is 0 Å². The van der Waals surface area contributed by atoms with E-state index in [0.29, 0.717) is 20.7 Å². The molecule has 0 aliphatic heterocycles. The van der Waals surface area contributed by atoms with Crippen LogP contribution in [0.2, 0.25) is 10.0 Å². The number of nitrogens with zero attached hydrogens (tertiary/aromatic N) is 1. The number of anilines is 1. The van der Waals surface area contributed by atoms with Gasteiger partial charge >= 0.3 is 0 Å². The fraction of sp³-hybridized carbons (Fsp3) is 0.111. The topological polar surface area (TPSA) is 42.0 Å². The van der Waals surface area contributed by atoms with Gasteiger partial charge in [-0.2, -0.15) is 0 Å². The molecule has 3 nitrogen and oxygen atoms in total. The van der Waals surface area contributed by atoms with Crippen molar-refractivity contribution >= 4 is 45.6 Å². The Morgan fingerprint density at radius 3 is 2.46 bits per heavy atom. The molecule has 0 fully saturated rings. The first-order valence-corrected chi connectivity index (χ1v) is 8.82. The number of thiazole rings is 1. The normalized spacial score (nSPS) is 10.7. The molecule has 6 heteroatoms. The lowest BCUT2D eigenvalue weighted by Gasteiger charge is -2.04. The first-order valence-electron chi connectivity index (χ1n) is 7.25. The zero-order valence-electron chi connectivity index (χ0n) is 13.1. The second kappa shape index (κ2) is 6.93. The van der Waals surface area contributed by atoms with Crippen LogP contribution in [0.15, 0.2) is 42.5 Å². The summed E-state index contributed by atoms with van der Waals surface area (Å²) < 4.78 is 0. The SMILES string of the molecule is Cc1ccc(-c2nc(NC(=O)c3ccc(Cl)cc3Cl)sc2C)cc1. The van der Waals surface area contributed by atoms with Crippen LogP contribution in [0.3, 0.4) is 0 Å². The van der Waals surface area contributed by atoms with Crippen molar-refractivity contribution in [2.75, 3.05) is 5.32 Å². The summed E-state index contributed by atoms with van der Waals surface area (Å²) >= 11 is 13.4. The van der Waals surface area contributed by atoms with E-state index in [1.807, 2.05) is 38.1 Å². The number of carbonyl (C=O) groups is 1. The van der Waals surface area contributed by atoms with Crippen LogP contribution in [-0.4, -0.2) is 10.9 Å². The number of hydrogen-bond acceptors (Lipinski definition) is 3. The predicted octanol–water partition coefficient (Wildman–Crippen LogP) is 5.99. The van der Waals surface area contributed by atoms with E-state index in [-0.39, 0.29) is 5.91 Å². The molecule has 0 spiro atoms. The van der Waals surface area contributed by atoms with Crippen molar-refractivity contribution in [3.8, 4) is 11.3 Å². The number of nitrogens with one attached hydrogen (secondary N) is 1. The van der Waals surface area contributed by atoms with Crippen molar-refractivity contribution < 1.29 is 4.79 Å². The third kappa shape index (κ3) is 3.61. The fourth-order valence-electron chi connectivity index (χ4n) is 2.27. The summed E-state index contributed by atoms with van der Waals surface area (Å²) in [6.07, 6.45) is 0. The molecule has 1 aromatic heterocycles. The number of rotatable bonds is 3. The Morgan fingerprint density at radius 2 is 1.79 bits per heavy atom. The summed E-state index contributed by atoms with van der Waals surface area (Å²) in [6.45, 7) is 4.02. The van der Waals surface area contributed by atoms with Crippen LogP contribution in [-0.2, 0) is 0 Å². The molecule has 0 atom stereocenters. The summed E-state index contributed by atoms with van der Waals surface area (Å²) in [4.78, 5) is 18.0. The molecular weight excluding hydrogens is 363 g/mol. The Morgan fingerprint density at radius 1 is 1.08 bits per heavy atom. The Hall–Kier alpha value is -1.88. The van der Waals surface area contributed by atoms with Gasteiger partial charge in [0.05, 0.1) is 16.3 Å².